The Morgan fingerprint density at radius 3 is 1.71 bits per heavy atom. The maximum Gasteiger partial charge on any atom is 0.261 e. The van der Waals surface area contributed by atoms with Crippen molar-refractivity contribution in [3.05, 3.63) is 65.7 Å². The predicted octanol–water partition coefficient (Wildman–Crippen LogP) is 6.20. The number of thioether (sulfide) groups is 1. The fourth-order valence-corrected chi connectivity index (χ4v) is 4.52. The van der Waals surface area contributed by atoms with Gasteiger partial charge in [0, 0.05) is 11.4 Å². The monoisotopic (exact) mass is 395 g/mol. The van der Waals surface area contributed by atoms with Crippen LogP contribution >= 0.6 is 11.8 Å². The highest BCUT2D eigenvalue weighted by molar-refractivity contribution is 7.99. The minimum Gasteiger partial charge on any atom is -0.274 e. The topological polar surface area (TPSA) is 37.4 Å². The van der Waals surface area contributed by atoms with E-state index in [-0.39, 0.29) is 11.8 Å². The first-order valence-electron chi connectivity index (χ1n) is 10.4. The van der Waals surface area contributed by atoms with Crippen LogP contribution in [0.25, 0.3) is 0 Å². The van der Waals surface area contributed by atoms with Crippen molar-refractivity contribution in [2.24, 2.45) is 0 Å². The van der Waals surface area contributed by atoms with Gasteiger partial charge in [0.05, 0.1) is 11.1 Å². The maximum atomic E-state index is 12.3. The molecule has 0 bridgehead atoms. The predicted molar refractivity (Wildman–Crippen MR) is 116 cm³/mol. The molecule has 148 valence electrons. The van der Waals surface area contributed by atoms with Crippen LogP contribution in [0.5, 0.6) is 0 Å². The normalized spacial score (nSPS) is 13.2. The first-order valence-corrected chi connectivity index (χ1v) is 11.4. The molecule has 0 aromatic heterocycles. The summed E-state index contributed by atoms with van der Waals surface area (Å²) in [5, 5.41) is 0. The van der Waals surface area contributed by atoms with Crippen molar-refractivity contribution >= 4 is 23.6 Å². The number of imide groups is 1. The molecular weight excluding hydrogens is 366 g/mol. The van der Waals surface area contributed by atoms with Crippen LogP contribution in [0.2, 0.25) is 0 Å². The molecule has 1 heterocycles. The minimum absolute atomic E-state index is 0.131. The molecule has 2 amide bonds. The lowest BCUT2D eigenvalue weighted by Crippen LogP contribution is -2.30. The molecule has 0 radical (unpaired) electrons. The average molecular weight is 396 g/mol. The average Bonchev–Trinajstić information content (AvgIpc) is 2.97. The minimum atomic E-state index is -0.131. The van der Waals surface area contributed by atoms with Crippen molar-refractivity contribution in [3.8, 4) is 0 Å². The Hall–Kier alpha value is -2.07. The molecule has 1 aliphatic rings. The smallest absolute Gasteiger partial charge is 0.261 e. The van der Waals surface area contributed by atoms with Crippen LogP contribution in [-0.4, -0.2) is 29.0 Å². The molecular formula is C24H29NO2S. The van der Waals surface area contributed by atoms with E-state index in [1.54, 1.807) is 12.1 Å². The van der Waals surface area contributed by atoms with Gasteiger partial charge < -0.3 is 0 Å². The summed E-state index contributed by atoms with van der Waals surface area (Å²) in [5.41, 5.74) is 1.11. The van der Waals surface area contributed by atoms with E-state index in [0.29, 0.717) is 17.7 Å². The highest BCUT2D eigenvalue weighted by atomic mass is 32.2. The lowest BCUT2D eigenvalue weighted by Gasteiger charge is -2.13. The van der Waals surface area contributed by atoms with Crippen LogP contribution in [-0.2, 0) is 0 Å². The third-order valence-corrected chi connectivity index (χ3v) is 6.26. The zero-order valence-electron chi connectivity index (χ0n) is 16.4. The van der Waals surface area contributed by atoms with Crippen molar-refractivity contribution in [2.75, 3.05) is 12.3 Å². The molecule has 0 saturated carbocycles. The van der Waals surface area contributed by atoms with Crippen LogP contribution in [0.4, 0.5) is 0 Å². The highest BCUT2D eigenvalue weighted by Crippen LogP contribution is 2.23. The van der Waals surface area contributed by atoms with Gasteiger partial charge in [-0.3, -0.25) is 14.5 Å². The Morgan fingerprint density at radius 1 is 0.607 bits per heavy atom. The third kappa shape index (κ3) is 5.71. The Morgan fingerprint density at radius 2 is 1.11 bits per heavy atom. The molecule has 3 nitrogen and oxygen atoms in total. The molecule has 0 fully saturated rings. The van der Waals surface area contributed by atoms with E-state index in [1.165, 1.54) is 54.1 Å². The molecule has 0 saturated heterocycles. The summed E-state index contributed by atoms with van der Waals surface area (Å²) < 4.78 is 0. The SMILES string of the molecule is O=C1c2ccccc2C(=O)N1CCCCCCCCCCSc1ccccc1. The third-order valence-electron chi connectivity index (χ3n) is 5.17. The second-order valence-electron chi connectivity index (χ2n) is 7.30. The fraction of sp³-hybridized carbons (Fsp3) is 0.417. The molecule has 0 N–H and O–H groups in total. The molecule has 1 aliphatic heterocycles. The van der Waals surface area contributed by atoms with Gasteiger partial charge in [-0.25, -0.2) is 0 Å². The number of fused-ring (bicyclic) bond motifs is 1. The Labute approximate surface area is 172 Å². The largest absolute Gasteiger partial charge is 0.274 e. The lowest BCUT2D eigenvalue weighted by molar-refractivity contribution is 0.0651. The first-order chi connectivity index (χ1) is 13.8. The number of carbonyl (C=O) groups is 2. The van der Waals surface area contributed by atoms with E-state index in [9.17, 15) is 9.59 Å². The van der Waals surface area contributed by atoms with Crippen LogP contribution < -0.4 is 0 Å². The Balaban J connectivity index is 1.18. The number of unbranched alkanes of at least 4 members (excludes halogenated alkanes) is 7. The molecule has 2 aromatic carbocycles. The van der Waals surface area contributed by atoms with E-state index in [1.807, 2.05) is 23.9 Å². The Bertz CT molecular complexity index is 740. The molecule has 4 heteroatoms. The highest BCUT2D eigenvalue weighted by Gasteiger charge is 2.34. The number of carbonyl (C=O) groups excluding carboxylic acids is 2. The van der Waals surface area contributed by atoms with Gasteiger partial charge in [0.2, 0.25) is 0 Å². The number of hydrogen-bond acceptors (Lipinski definition) is 3. The number of nitrogens with zero attached hydrogens (tertiary/aromatic N) is 1. The molecule has 0 unspecified atom stereocenters. The van der Waals surface area contributed by atoms with E-state index < -0.39 is 0 Å². The zero-order chi connectivity index (χ0) is 19.6. The van der Waals surface area contributed by atoms with Crippen molar-refractivity contribution in [3.63, 3.8) is 0 Å². The molecule has 0 spiro atoms. The van der Waals surface area contributed by atoms with Crippen molar-refractivity contribution in [2.45, 2.75) is 56.3 Å². The van der Waals surface area contributed by atoms with E-state index in [0.717, 1.165) is 12.8 Å². The molecule has 2 aromatic rings. The van der Waals surface area contributed by atoms with Crippen molar-refractivity contribution < 1.29 is 9.59 Å². The van der Waals surface area contributed by atoms with E-state index >= 15 is 0 Å². The van der Waals surface area contributed by atoms with Gasteiger partial charge in [-0.05, 0) is 42.9 Å². The van der Waals surface area contributed by atoms with Gasteiger partial charge in [-0.2, -0.15) is 0 Å². The number of amides is 2. The van der Waals surface area contributed by atoms with E-state index in [4.69, 9.17) is 0 Å². The van der Waals surface area contributed by atoms with Gasteiger partial charge in [-0.1, -0.05) is 68.9 Å². The second kappa shape index (κ2) is 11.1. The zero-order valence-corrected chi connectivity index (χ0v) is 17.3. The fourth-order valence-electron chi connectivity index (χ4n) is 3.58. The number of rotatable bonds is 12. The maximum absolute atomic E-state index is 12.3. The van der Waals surface area contributed by atoms with Crippen LogP contribution in [0, 0.1) is 0 Å². The summed E-state index contributed by atoms with van der Waals surface area (Å²) in [6.07, 6.45) is 9.57. The summed E-state index contributed by atoms with van der Waals surface area (Å²) >= 11 is 1.94. The van der Waals surface area contributed by atoms with Crippen molar-refractivity contribution in [1.82, 2.24) is 4.90 Å². The first kappa shape index (κ1) is 20.7. The van der Waals surface area contributed by atoms with E-state index in [2.05, 4.69) is 30.3 Å². The number of hydrogen-bond donors (Lipinski definition) is 0. The van der Waals surface area contributed by atoms with Crippen LogP contribution in [0.3, 0.4) is 0 Å². The molecule has 0 aliphatic carbocycles. The summed E-state index contributed by atoms with van der Waals surface area (Å²) in [6, 6.07) is 17.7. The number of benzene rings is 2. The Kier molecular flexibility index (Phi) is 8.16. The van der Waals surface area contributed by atoms with Gasteiger partial charge in [0.1, 0.15) is 0 Å². The summed E-state index contributed by atoms with van der Waals surface area (Å²) in [7, 11) is 0. The van der Waals surface area contributed by atoms with Crippen molar-refractivity contribution in [1.29, 1.82) is 0 Å². The standard InChI is InChI=1S/C24H29NO2S/c26-23-21-16-10-11-17-22(21)24(27)25(23)18-12-5-3-1-2-4-6-13-19-28-20-14-8-7-9-15-20/h7-11,14-17H,1-6,12-13,18-19H2. The van der Waals surface area contributed by atoms with Gasteiger partial charge in [0.15, 0.2) is 0 Å². The van der Waals surface area contributed by atoms with Crippen LogP contribution in [0.15, 0.2) is 59.5 Å². The molecule has 0 atom stereocenters. The summed E-state index contributed by atoms with van der Waals surface area (Å²) in [4.78, 5) is 27.4. The van der Waals surface area contributed by atoms with Gasteiger partial charge in [-0.15, -0.1) is 11.8 Å². The van der Waals surface area contributed by atoms with Crippen LogP contribution in [0.1, 0.15) is 72.1 Å². The molecule has 28 heavy (non-hydrogen) atoms. The quantitative estimate of drug-likeness (QED) is 0.244. The van der Waals surface area contributed by atoms with Gasteiger partial charge in [0.25, 0.3) is 11.8 Å². The second-order valence-corrected chi connectivity index (χ2v) is 8.47. The summed E-state index contributed by atoms with van der Waals surface area (Å²) in [5.74, 6) is 0.938. The molecule has 3 rings (SSSR count). The van der Waals surface area contributed by atoms with Gasteiger partial charge >= 0.3 is 0 Å². The summed E-state index contributed by atoms with van der Waals surface area (Å²) in [6.45, 7) is 0.545. The lowest BCUT2D eigenvalue weighted by atomic mass is 10.1.